The SMILES string of the molecule is C#CCOc1ccc(C(=O)N2CC(SC)C(N3CCCC3)C2)cc1. The molecule has 2 fully saturated rings. The van der Waals surface area contributed by atoms with Crippen molar-refractivity contribution in [1.82, 2.24) is 9.80 Å². The fourth-order valence-corrected chi connectivity index (χ4v) is 4.48. The lowest BCUT2D eigenvalue weighted by Crippen LogP contribution is -2.40. The lowest BCUT2D eigenvalue weighted by molar-refractivity contribution is 0.0780. The Morgan fingerprint density at radius 1 is 1.29 bits per heavy atom. The van der Waals surface area contributed by atoms with E-state index in [0.717, 1.165) is 13.1 Å². The summed E-state index contributed by atoms with van der Waals surface area (Å²) in [6.45, 7) is 4.25. The van der Waals surface area contributed by atoms with Gasteiger partial charge in [0.2, 0.25) is 0 Å². The minimum Gasteiger partial charge on any atom is -0.481 e. The summed E-state index contributed by atoms with van der Waals surface area (Å²) >= 11 is 1.88. The highest BCUT2D eigenvalue weighted by Crippen LogP contribution is 2.29. The normalized spacial score (nSPS) is 24.1. The smallest absolute Gasteiger partial charge is 0.253 e. The van der Waals surface area contributed by atoms with Gasteiger partial charge < -0.3 is 9.64 Å². The van der Waals surface area contributed by atoms with Crippen LogP contribution >= 0.6 is 11.8 Å². The minimum atomic E-state index is 0.110. The molecule has 2 saturated heterocycles. The molecule has 0 aliphatic carbocycles. The van der Waals surface area contributed by atoms with Gasteiger partial charge in [-0.15, -0.1) is 6.42 Å². The number of amides is 1. The van der Waals surface area contributed by atoms with E-state index in [1.54, 1.807) is 0 Å². The molecule has 0 saturated carbocycles. The van der Waals surface area contributed by atoms with Crippen molar-refractivity contribution in [3.8, 4) is 18.1 Å². The van der Waals surface area contributed by atoms with Crippen molar-refractivity contribution >= 4 is 17.7 Å². The molecule has 5 heteroatoms. The van der Waals surface area contributed by atoms with Gasteiger partial charge in [-0.05, 0) is 56.5 Å². The Balaban J connectivity index is 1.65. The summed E-state index contributed by atoms with van der Waals surface area (Å²) in [5, 5.41) is 0.505. The zero-order chi connectivity index (χ0) is 16.9. The van der Waals surface area contributed by atoms with Crippen LogP contribution in [0, 0.1) is 12.3 Å². The summed E-state index contributed by atoms with van der Waals surface area (Å²) in [5.41, 5.74) is 0.713. The Kier molecular flexibility index (Phi) is 5.70. The molecular formula is C19H24N2O2S. The highest BCUT2D eigenvalue weighted by molar-refractivity contribution is 7.99. The van der Waals surface area contributed by atoms with Crippen molar-refractivity contribution in [2.24, 2.45) is 0 Å². The van der Waals surface area contributed by atoms with Gasteiger partial charge in [-0.1, -0.05) is 5.92 Å². The van der Waals surface area contributed by atoms with Crippen molar-refractivity contribution in [1.29, 1.82) is 0 Å². The van der Waals surface area contributed by atoms with E-state index in [4.69, 9.17) is 11.2 Å². The Morgan fingerprint density at radius 3 is 2.62 bits per heavy atom. The molecule has 0 aromatic heterocycles. The summed E-state index contributed by atoms with van der Waals surface area (Å²) in [5.74, 6) is 3.24. The molecule has 1 aromatic carbocycles. The number of hydrogen-bond acceptors (Lipinski definition) is 4. The number of terminal acetylenes is 1. The third-order valence-electron chi connectivity index (χ3n) is 4.86. The Hall–Kier alpha value is -1.64. The average molecular weight is 344 g/mol. The van der Waals surface area contributed by atoms with Gasteiger partial charge in [-0.2, -0.15) is 11.8 Å². The van der Waals surface area contributed by atoms with Crippen molar-refractivity contribution in [2.45, 2.75) is 24.1 Å². The summed E-state index contributed by atoms with van der Waals surface area (Å²) in [6.07, 6.45) is 9.90. The fourth-order valence-electron chi connectivity index (χ4n) is 3.58. The number of carbonyl (C=O) groups excluding carboxylic acids is 1. The number of thioether (sulfide) groups is 1. The lowest BCUT2D eigenvalue weighted by Gasteiger charge is -2.27. The lowest BCUT2D eigenvalue weighted by atomic mass is 10.2. The Morgan fingerprint density at radius 2 is 2.00 bits per heavy atom. The molecule has 3 rings (SSSR count). The second-order valence-corrected chi connectivity index (χ2v) is 7.39. The molecule has 2 aliphatic heterocycles. The third-order valence-corrected chi connectivity index (χ3v) is 5.93. The van der Waals surface area contributed by atoms with Gasteiger partial charge >= 0.3 is 0 Å². The molecule has 2 heterocycles. The van der Waals surface area contributed by atoms with Gasteiger partial charge in [-0.3, -0.25) is 9.69 Å². The maximum atomic E-state index is 12.8. The van der Waals surface area contributed by atoms with Crippen molar-refractivity contribution in [2.75, 3.05) is 39.0 Å². The van der Waals surface area contributed by atoms with Gasteiger partial charge in [0.15, 0.2) is 0 Å². The van der Waals surface area contributed by atoms with E-state index in [2.05, 4.69) is 17.1 Å². The molecule has 0 N–H and O–H groups in total. The van der Waals surface area contributed by atoms with E-state index in [9.17, 15) is 4.79 Å². The molecule has 0 bridgehead atoms. The molecule has 128 valence electrons. The molecule has 0 spiro atoms. The van der Waals surface area contributed by atoms with Crippen LogP contribution in [0.3, 0.4) is 0 Å². The zero-order valence-electron chi connectivity index (χ0n) is 14.1. The monoisotopic (exact) mass is 344 g/mol. The van der Waals surface area contributed by atoms with Gasteiger partial charge in [0.25, 0.3) is 5.91 Å². The van der Waals surface area contributed by atoms with Crippen LogP contribution in [-0.4, -0.2) is 66.0 Å². The predicted molar refractivity (Wildman–Crippen MR) is 98.6 cm³/mol. The van der Waals surface area contributed by atoms with Crippen LogP contribution in [0.4, 0.5) is 0 Å². The van der Waals surface area contributed by atoms with Crippen molar-refractivity contribution < 1.29 is 9.53 Å². The van der Waals surface area contributed by atoms with Gasteiger partial charge in [0.05, 0.1) is 0 Å². The average Bonchev–Trinajstić information content (AvgIpc) is 3.28. The first-order valence-electron chi connectivity index (χ1n) is 8.45. The number of nitrogens with zero attached hydrogens (tertiary/aromatic N) is 2. The fraction of sp³-hybridized carbons (Fsp3) is 0.526. The minimum absolute atomic E-state index is 0.110. The summed E-state index contributed by atoms with van der Waals surface area (Å²) in [7, 11) is 0. The van der Waals surface area contributed by atoms with Crippen LogP contribution in [0.2, 0.25) is 0 Å². The first-order chi connectivity index (χ1) is 11.7. The Bertz CT molecular complexity index is 605. The first-order valence-corrected chi connectivity index (χ1v) is 9.74. The number of carbonyl (C=O) groups is 1. The number of benzene rings is 1. The summed E-state index contributed by atoms with van der Waals surface area (Å²) in [4.78, 5) is 17.4. The van der Waals surface area contributed by atoms with Gasteiger partial charge in [0, 0.05) is 29.9 Å². The summed E-state index contributed by atoms with van der Waals surface area (Å²) < 4.78 is 5.36. The highest BCUT2D eigenvalue weighted by atomic mass is 32.2. The topological polar surface area (TPSA) is 32.8 Å². The van der Waals surface area contributed by atoms with E-state index in [0.29, 0.717) is 22.6 Å². The number of likely N-dealkylation sites (tertiary alicyclic amines) is 2. The van der Waals surface area contributed by atoms with Crippen molar-refractivity contribution in [3.63, 3.8) is 0 Å². The van der Waals surface area contributed by atoms with E-state index in [1.807, 2.05) is 40.9 Å². The van der Waals surface area contributed by atoms with E-state index in [-0.39, 0.29) is 12.5 Å². The van der Waals surface area contributed by atoms with Gasteiger partial charge in [0.1, 0.15) is 12.4 Å². The second-order valence-electron chi connectivity index (χ2n) is 6.31. The standard InChI is InChI=1S/C19H24N2O2S/c1-3-12-23-16-8-6-15(7-9-16)19(22)21-13-17(18(14-21)24-2)20-10-4-5-11-20/h1,6-9,17-18H,4-5,10-14H2,2H3. The van der Waals surface area contributed by atoms with E-state index in [1.165, 1.54) is 25.9 Å². The molecular weight excluding hydrogens is 320 g/mol. The third kappa shape index (κ3) is 3.71. The molecule has 2 aliphatic rings. The largest absolute Gasteiger partial charge is 0.481 e. The van der Waals surface area contributed by atoms with Crippen molar-refractivity contribution in [3.05, 3.63) is 29.8 Å². The molecule has 2 atom stereocenters. The van der Waals surface area contributed by atoms with Crippen LogP contribution in [0.1, 0.15) is 23.2 Å². The number of ether oxygens (including phenoxy) is 1. The molecule has 1 amide bonds. The number of hydrogen-bond donors (Lipinski definition) is 0. The summed E-state index contributed by atoms with van der Waals surface area (Å²) in [6, 6.07) is 7.76. The van der Waals surface area contributed by atoms with E-state index < -0.39 is 0 Å². The van der Waals surface area contributed by atoms with Crippen LogP contribution in [0.5, 0.6) is 5.75 Å². The number of rotatable bonds is 5. The quantitative estimate of drug-likeness (QED) is 0.768. The van der Waals surface area contributed by atoms with Crippen LogP contribution in [-0.2, 0) is 0 Å². The molecule has 2 unspecified atom stereocenters. The maximum absolute atomic E-state index is 12.8. The van der Waals surface area contributed by atoms with Crippen LogP contribution in [0.25, 0.3) is 0 Å². The Labute approximate surface area is 148 Å². The molecule has 0 radical (unpaired) electrons. The molecule has 24 heavy (non-hydrogen) atoms. The highest BCUT2D eigenvalue weighted by Gasteiger charge is 2.39. The maximum Gasteiger partial charge on any atom is 0.253 e. The van der Waals surface area contributed by atoms with E-state index >= 15 is 0 Å². The first kappa shape index (κ1) is 17.2. The molecule has 4 nitrogen and oxygen atoms in total. The predicted octanol–water partition coefficient (Wildman–Crippen LogP) is 2.35. The second kappa shape index (κ2) is 7.96. The van der Waals surface area contributed by atoms with Crippen LogP contribution < -0.4 is 4.74 Å². The van der Waals surface area contributed by atoms with Crippen LogP contribution in [0.15, 0.2) is 24.3 Å². The zero-order valence-corrected chi connectivity index (χ0v) is 14.9. The molecule has 1 aromatic rings. The van der Waals surface area contributed by atoms with Gasteiger partial charge in [-0.25, -0.2) is 0 Å².